The maximum absolute atomic E-state index is 9.84. The van der Waals surface area contributed by atoms with Gasteiger partial charge in [-0.2, -0.15) is 0 Å². The van der Waals surface area contributed by atoms with Crippen LogP contribution in [0.15, 0.2) is 36.5 Å². The summed E-state index contributed by atoms with van der Waals surface area (Å²) in [7, 11) is 0. The molecular weight excluding hydrogens is 200 g/mol. The Hall–Kier alpha value is -1.61. The number of hydrogen-bond donors (Lipinski definition) is 1. The van der Waals surface area contributed by atoms with E-state index >= 15 is 0 Å². The van der Waals surface area contributed by atoms with Gasteiger partial charge in [0.15, 0.2) is 0 Å². The first kappa shape index (κ1) is 9.60. The summed E-state index contributed by atoms with van der Waals surface area (Å²) < 4.78 is 2.07. The van der Waals surface area contributed by atoms with Crippen molar-refractivity contribution in [3.8, 4) is 11.3 Å². The predicted octanol–water partition coefficient (Wildman–Crippen LogP) is 2.38. The van der Waals surface area contributed by atoms with Crippen LogP contribution in [0.1, 0.15) is 24.8 Å². The van der Waals surface area contributed by atoms with E-state index in [0.717, 1.165) is 36.5 Å². The van der Waals surface area contributed by atoms with E-state index in [9.17, 15) is 5.11 Å². The second kappa shape index (κ2) is 3.76. The first-order chi connectivity index (χ1) is 7.84. The lowest BCUT2D eigenvalue weighted by molar-refractivity contribution is 0.134. The molecular formula is C13H14N2O. The first-order valence-corrected chi connectivity index (χ1v) is 5.65. The highest BCUT2D eigenvalue weighted by molar-refractivity contribution is 5.58. The van der Waals surface area contributed by atoms with Gasteiger partial charge < -0.3 is 9.67 Å². The number of aliphatic hydroxyl groups excluding tert-OH is 1. The molecule has 0 radical (unpaired) electrons. The van der Waals surface area contributed by atoms with Gasteiger partial charge in [0.1, 0.15) is 11.9 Å². The maximum atomic E-state index is 9.84. The highest BCUT2D eigenvalue weighted by Crippen LogP contribution is 2.27. The van der Waals surface area contributed by atoms with Gasteiger partial charge in [-0.05, 0) is 12.8 Å². The Morgan fingerprint density at radius 3 is 2.81 bits per heavy atom. The fraction of sp³-hybridized carbons (Fsp3) is 0.308. The van der Waals surface area contributed by atoms with E-state index in [1.54, 1.807) is 0 Å². The molecule has 1 aromatic carbocycles. The van der Waals surface area contributed by atoms with Crippen molar-refractivity contribution in [3.63, 3.8) is 0 Å². The average Bonchev–Trinajstić information content (AvgIpc) is 2.76. The number of aliphatic hydroxyl groups is 1. The van der Waals surface area contributed by atoms with Gasteiger partial charge in [0.05, 0.1) is 5.69 Å². The fourth-order valence-corrected chi connectivity index (χ4v) is 2.21. The predicted molar refractivity (Wildman–Crippen MR) is 61.9 cm³/mol. The molecule has 0 amide bonds. The molecule has 0 saturated carbocycles. The van der Waals surface area contributed by atoms with E-state index in [4.69, 9.17) is 0 Å². The number of aryl methyl sites for hydroxylation is 1. The topological polar surface area (TPSA) is 38.0 Å². The van der Waals surface area contributed by atoms with E-state index in [0.29, 0.717) is 0 Å². The number of aromatic nitrogens is 2. The van der Waals surface area contributed by atoms with Crippen molar-refractivity contribution in [2.75, 3.05) is 0 Å². The minimum atomic E-state index is -0.397. The highest BCUT2D eigenvalue weighted by atomic mass is 16.3. The lowest BCUT2D eigenvalue weighted by atomic mass is 10.1. The zero-order valence-corrected chi connectivity index (χ0v) is 9.00. The van der Waals surface area contributed by atoms with Crippen LogP contribution in [0.2, 0.25) is 0 Å². The molecule has 3 heteroatoms. The van der Waals surface area contributed by atoms with Gasteiger partial charge in [-0.25, -0.2) is 4.98 Å². The third-order valence-corrected chi connectivity index (χ3v) is 3.05. The average molecular weight is 214 g/mol. The first-order valence-electron chi connectivity index (χ1n) is 5.65. The van der Waals surface area contributed by atoms with E-state index in [2.05, 4.69) is 9.55 Å². The Bertz CT molecular complexity index is 490. The van der Waals surface area contributed by atoms with Crippen molar-refractivity contribution in [2.24, 2.45) is 0 Å². The highest BCUT2D eigenvalue weighted by Gasteiger charge is 2.20. The van der Waals surface area contributed by atoms with Crippen LogP contribution in [-0.2, 0) is 6.54 Å². The molecule has 3 rings (SSSR count). The Morgan fingerprint density at radius 2 is 2.06 bits per heavy atom. The van der Waals surface area contributed by atoms with Gasteiger partial charge in [0.25, 0.3) is 0 Å². The zero-order chi connectivity index (χ0) is 11.0. The summed E-state index contributed by atoms with van der Waals surface area (Å²) in [6, 6.07) is 10.1. The standard InChI is InChI=1S/C13H14N2O/c16-12-7-4-8-15-9-11(14-13(12)15)10-5-2-1-3-6-10/h1-3,5-6,9,12,16H,4,7-8H2/t12-/m0/s1. The Kier molecular flexibility index (Phi) is 2.26. The molecule has 1 atom stereocenters. The van der Waals surface area contributed by atoms with Crippen LogP contribution in [0.3, 0.4) is 0 Å². The van der Waals surface area contributed by atoms with Crippen LogP contribution >= 0.6 is 0 Å². The Morgan fingerprint density at radius 1 is 1.25 bits per heavy atom. The monoisotopic (exact) mass is 214 g/mol. The molecule has 0 fully saturated rings. The normalized spacial score (nSPS) is 19.4. The molecule has 0 unspecified atom stereocenters. The molecule has 0 saturated heterocycles. The van der Waals surface area contributed by atoms with Gasteiger partial charge in [-0.15, -0.1) is 0 Å². The van der Waals surface area contributed by atoms with Gasteiger partial charge in [0, 0.05) is 18.3 Å². The van der Waals surface area contributed by atoms with E-state index < -0.39 is 6.10 Å². The second-order valence-corrected chi connectivity index (χ2v) is 4.20. The summed E-state index contributed by atoms with van der Waals surface area (Å²) >= 11 is 0. The molecule has 0 bridgehead atoms. The van der Waals surface area contributed by atoms with Crippen molar-refractivity contribution >= 4 is 0 Å². The van der Waals surface area contributed by atoms with Crippen molar-refractivity contribution < 1.29 is 5.11 Å². The number of benzene rings is 1. The smallest absolute Gasteiger partial charge is 0.138 e. The third kappa shape index (κ3) is 1.53. The van der Waals surface area contributed by atoms with Gasteiger partial charge in [0.2, 0.25) is 0 Å². The number of fused-ring (bicyclic) bond motifs is 1. The van der Waals surface area contributed by atoms with Gasteiger partial charge >= 0.3 is 0 Å². The molecule has 82 valence electrons. The summed E-state index contributed by atoms with van der Waals surface area (Å²) in [5, 5.41) is 9.84. The van der Waals surface area contributed by atoms with Crippen LogP contribution in [0.4, 0.5) is 0 Å². The van der Waals surface area contributed by atoms with E-state index in [1.807, 2.05) is 36.5 Å². The zero-order valence-electron chi connectivity index (χ0n) is 9.00. The quantitative estimate of drug-likeness (QED) is 0.791. The SMILES string of the molecule is O[C@H]1CCCn2cc(-c3ccccc3)nc21. The lowest BCUT2D eigenvalue weighted by Crippen LogP contribution is -2.14. The molecule has 1 aliphatic heterocycles. The molecule has 1 N–H and O–H groups in total. The van der Waals surface area contributed by atoms with Gasteiger partial charge in [-0.3, -0.25) is 0 Å². The molecule has 3 nitrogen and oxygen atoms in total. The molecule has 0 spiro atoms. The van der Waals surface area contributed by atoms with Crippen molar-refractivity contribution in [1.82, 2.24) is 9.55 Å². The van der Waals surface area contributed by atoms with Crippen LogP contribution in [0.5, 0.6) is 0 Å². The summed E-state index contributed by atoms with van der Waals surface area (Å²) in [5.41, 5.74) is 2.06. The number of imidazole rings is 1. The van der Waals surface area contributed by atoms with Crippen molar-refractivity contribution in [1.29, 1.82) is 0 Å². The molecule has 2 aromatic rings. The molecule has 0 aliphatic carbocycles. The van der Waals surface area contributed by atoms with Crippen LogP contribution < -0.4 is 0 Å². The molecule has 2 heterocycles. The van der Waals surface area contributed by atoms with Crippen molar-refractivity contribution in [2.45, 2.75) is 25.5 Å². The fourth-order valence-electron chi connectivity index (χ4n) is 2.21. The summed E-state index contributed by atoms with van der Waals surface area (Å²) in [6.45, 7) is 0.965. The van der Waals surface area contributed by atoms with Crippen molar-refractivity contribution in [3.05, 3.63) is 42.4 Å². The van der Waals surface area contributed by atoms with Gasteiger partial charge in [-0.1, -0.05) is 30.3 Å². The minimum Gasteiger partial charge on any atom is -0.385 e. The Balaban J connectivity index is 2.05. The maximum Gasteiger partial charge on any atom is 0.138 e. The van der Waals surface area contributed by atoms with Crippen LogP contribution in [0.25, 0.3) is 11.3 Å². The molecule has 16 heavy (non-hydrogen) atoms. The number of nitrogens with zero attached hydrogens (tertiary/aromatic N) is 2. The molecule has 1 aromatic heterocycles. The second-order valence-electron chi connectivity index (χ2n) is 4.20. The van der Waals surface area contributed by atoms with Crippen LogP contribution in [-0.4, -0.2) is 14.7 Å². The number of hydrogen-bond acceptors (Lipinski definition) is 2. The summed E-state index contributed by atoms with van der Waals surface area (Å²) in [5.74, 6) is 0.810. The van der Waals surface area contributed by atoms with Crippen LogP contribution in [0, 0.1) is 0 Å². The third-order valence-electron chi connectivity index (χ3n) is 3.05. The van der Waals surface area contributed by atoms with E-state index in [-0.39, 0.29) is 0 Å². The summed E-state index contributed by atoms with van der Waals surface area (Å²) in [4.78, 5) is 4.51. The number of rotatable bonds is 1. The molecule has 1 aliphatic rings. The summed E-state index contributed by atoms with van der Waals surface area (Å²) in [6.07, 6.45) is 3.49. The Labute approximate surface area is 94.4 Å². The van der Waals surface area contributed by atoms with E-state index in [1.165, 1.54) is 0 Å². The minimum absolute atomic E-state index is 0.397. The lowest BCUT2D eigenvalue weighted by Gasteiger charge is -2.18. The largest absolute Gasteiger partial charge is 0.385 e.